The summed E-state index contributed by atoms with van der Waals surface area (Å²) in [7, 11) is 0. The molecule has 108 valence electrons. The van der Waals surface area contributed by atoms with Crippen molar-refractivity contribution in [3.8, 4) is 0 Å². The second-order valence-corrected chi connectivity index (χ2v) is 6.89. The third kappa shape index (κ3) is 3.24. The van der Waals surface area contributed by atoms with E-state index in [1.807, 2.05) is 6.92 Å². The molecule has 3 nitrogen and oxygen atoms in total. The van der Waals surface area contributed by atoms with Crippen LogP contribution in [0.15, 0.2) is 18.2 Å². The smallest absolute Gasteiger partial charge is 0.263 e. The maximum absolute atomic E-state index is 13.2. The second-order valence-electron chi connectivity index (χ2n) is 4.52. The van der Waals surface area contributed by atoms with Crippen molar-refractivity contribution in [1.29, 1.82) is 0 Å². The predicted octanol–water partition coefficient (Wildman–Crippen LogP) is 3.49. The molecule has 6 heteroatoms. The fourth-order valence-electron chi connectivity index (χ4n) is 1.88. The van der Waals surface area contributed by atoms with Gasteiger partial charge in [-0.3, -0.25) is 4.79 Å². The molecule has 1 unspecified atom stereocenters. The first kappa shape index (κ1) is 15.1. The summed E-state index contributed by atoms with van der Waals surface area (Å²) in [6, 6.07) is 4.47. The summed E-state index contributed by atoms with van der Waals surface area (Å²) in [5, 5.41) is 3.53. The summed E-state index contributed by atoms with van der Waals surface area (Å²) < 4.78 is 14.0. The summed E-state index contributed by atoms with van der Waals surface area (Å²) in [5.74, 6) is 1.35. The van der Waals surface area contributed by atoms with Crippen LogP contribution in [-0.2, 0) is 0 Å². The number of anilines is 1. The fourth-order valence-corrected chi connectivity index (χ4v) is 3.56. The molecule has 1 atom stereocenters. The van der Waals surface area contributed by atoms with Gasteiger partial charge in [0.25, 0.3) is 5.91 Å². The molecule has 0 spiro atoms. The van der Waals surface area contributed by atoms with Gasteiger partial charge in [0.2, 0.25) is 0 Å². The number of amides is 1. The summed E-state index contributed by atoms with van der Waals surface area (Å²) in [6.45, 7) is 4.04. The lowest BCUT2D eigenvalue weighted by Gasteiger charge is -2.12. The van der Waals surface area contributed by atoms with Gasteiger partial charge in [0.1, 0.15) is 10.7 Å². The molecule has 1 aromatic carbocycles. The number of halogens is 1. The van der Waals surface area contributed by atoms with E-state index < -0.39 is 0 Å². The van der Waals surface area contributed by atoms with Crippen molar-refractivity contribution in [2.45, 2.75) is 19.9 Å². The summed E-state index contributed by atoms with van der Waals surface area (Å²) in [5.41, 5.74) is 6.32. The van der Waals surface area contributed by atoms with Crippen molar-refractivity contribution in [3.05, 3.63) is 28.9 Å². The van der Waals surface area contributed by atoms with Crippen molar-refractivity contribution in [2.75, 3.05) is 17.2 Å². The Labute approximate surface area is 125 Å². The molecule has 0 saturated carbocycles. The van der Waals surface area contributed by atoms with E-state index in [1.54, 1.807) is 17.8 Å². The lowest BCUT2D eigenvalue weighted by Crippen LogP contribution is -2.34. The first-order valence-corrected chi connectivity index (χ1v) is 8.36. The Morgan fingerprint density at radius 2 is 2.30 bits per heavy atom. The molecule has 20 heavy (non-hydrogen) atoms. The lowest BCUT2D eigenvalue weighted by atomic mass is 10.2. The van der Waals surface area contributed by atoms with E-state index in [1.165, 1.54) is 23.5 Å². The van der Waals surface area contributed by atoms with Crippen LogP contribution >= 0.6 is 23.1 Å². The third-order valence-electron chi connectivity index (χ3n) is 2.84. The van der Waals surface area contributed by atoms with Crippen LogP contribution in [0.25, 0.3) is 10.1 Å². The van der Waals surface area contributed by atoms with E-state index in [0.29, 0.717) is 16.0 Å². The van der Waals surface area contributed by atoms with Crippen LogP contribution in [0.3, 0.4) is 0 Å². The van der Waals surface area contributed by atoms with Crippen molar-refractivity contribution < 1.29 is 9.18 Å². The van der Waals surface area contributed by atoms with Gasteiger partial charge in [-0.05, 0) is 30.9 Å². The van der Waals surface area contributed by atoms with Crippen LogP contribution in [0.1, 0.15) is 23.5 Å². The van der Waals surface area contributed by atoms with E-state index in [0.717, 1.165) is 16.2 Å². The molecular weight excluding hydrogens is 295 g/mol. The predicted molar refractivity (Wildman–Crippen MR) is 86.1 cm³/mol. The van der Waals surface area contributed by atoms with Gasteiger partial charge >= 0.3 is 0 Å². The van der Waals surface area contributed by atoms with E-state index in [4.69, 9.17) is 5.73 Å². The van der Waals surface area contributed by atoms with Crippen molar-refractivity contribution in [1.82, 2.24) is 5.32 Å². The largest absolute Gasteiger partial charge is 0.397 e. The Balaban J connectivity index is 2.20. The molecule has 2 aromatic rings. The minimum absolute atomic E-state index is 0.0776. The Kier molecular flexibility index (Phi) is 4.88. The number of rotatable bonds is 5. The Hall–Kier alpha value is -1.27. The highest BCUT2D eigenvalue weighted by molar-refractivity contribution is 7.99. The normalized spacial score (nSPS) is 12.6. The minimum atomic E-state index is -0.346. The third-order valence-corrected chi connectivity index (χ3v) is 5.17. The highest BCUT2D eigenvalue weighted by Crippen LogP contribution is 2.34. The number of nitrogens with two attached hydrogens (primary N) is 1. The van der Waals surface area contributed by atoms with Crippen molar-refractivity contribution in [2.24, 2.45) is 0 Å². The summed E-state index contributed by atoms with van der Waals surface area (Å²) in [4.78, 5) is 12.7. The van der Waals surface area contributed by atoms with Gasteiger partial charge < -0.3 is 11.1 Å². The average molecular weight is 312 g/mol. The quantitative estimate of drug-likeness (QED) is 0.888. The van der Waals surface area contributed by atoms with Crippen molar-refractivity contribution >= 4 is 44.8 Å². The highest BCUT2D eigenvalue weighted by atomic mass is 32.2. The molecule has 0 bridgehead atoms. The topological polar surface area (TPSA) is 55.1 Å². The van der Waals surface area contributed by atoms with Crippen LogP contribution in [0.4, 0.5) is 10.1 Å². The average Bonchev–Trinajstić information content (AvgIpc) is 2.74. The SMILES string of the molecule is CCSCC(C)NC(=O)c1sc2ccc(F)cc2c1N. The molecule has 0 aliphatic carbocycles. The zero-order chi connectivity index (χ0) is 14.7. The van der Waals surface area contributed by atoms with Crippen LogP contribution in [0, 0.1) is 5.82 Å². The monoisotopic (exact) mass is 312 g/mol. The molecule has 1 amide bonds. The van der Waals surface area contributed by atoms with Gasteiger partial charge in [0.15, 0.2) is 0 Å². The number of thiophene rings is 1. The standard InChI is InChI=1S/C14H17FN2OS2/c1-3-19-7-8(2)17-14(18)13-12(16)10-6-9(15)4-5-11(10)20-13/h4-6,8H,3,7,16H2,1-2H3,(H,17,18). The number of hydrogen-bond acceptors (Lipinski definition) is 4. The number of thioether (sulfide) groups is 1. The molecular formula is C14H17FN2OS2. The van der Waals surface area contributed by atoms with Gasteiger partial charge in [0, 0.05) is 21.9 Å². The first-order chi connectivity index (χ1) is 9.52. The molecule has 0 fully saturated rings. The van der Waals surface area contributed by atoms with E-state index >= 15 is 0 Å². The molecule has 2 rings (SSSR count). The van der Waals surface area contributed by atoms with E-state index in [9.17, 15) is 9.18 Å². The van der Waals surface area contributed by atoms with Gasteiger partial charge in [-0.2, -0.15) is 11.8 Å². The minimum Gasteiger partial charge on any atom is -0.397 e. The van der Waals surface area contributed by atoms with E-state index in [-0.39, 0.29) is 17.8 Å². The van der Waals surface area contributed by atoms with Crippen LogP contribution in [-0.4, -0.2) is 23.5 Å². The molecule has 0 saturated heterocycles. The van der Waals surface area contributed by atoms with Gasteiger partial charge in [0.05, 0.1) is 5.69 Å². The number of nitrogens with one attached hydrogen (secondary N) is 1. The number of benzene rings is 1. The highest BCUT2D eigenvalue weighted by Gasteiger charge is 2.18. The van der Waals surface area contributed by atoms with E-state index in [2.05, 4.69) is 12.2 Å². The second kappa shape index (κ2) is 6.45. The van der Waals surface area contributed by atoms with Crippen LogP contribution < -0.4 is 11.1 Å². The molecule has 0 aliphatic rings. The van der Waals surface area contributed by atoms with Crippen LogP contribution in [0.5, 0.6) is 0 Å². The van der Waals surface area contributed by atoms with Crippen molar-refractivity contribution in [3.63, 3.8) is 0 Å². The molecule has 0 aliphatic heterocycles. The fraction of sp³-hybridized carbons (Fsp3) is 0.357. The van der Waals surface area contributed by atoms with Gasteiger partial charge in [-0.25, -0.2) is 4.39 Å². The number of fused-ring (bicyclic) bond motifs is 1. The lowest BCUT2D eigenvalue weighted by molar-refractivity contribution is 0.0948. The number of carbonyl (C=O) groups excluding carboxylic acids is 1. The number of hydrogen-bond donors (Lipinski definition) is 2. The number of carbonyl (C=O) groups is 1. The maximum Gasteiger partial charge on any atom is 0.263 e. The Morgan fingerprint density at radius 3 is 3.00 bits per heavy atom. The maximum atomic E-state index is 13.2. The zero-order valence-electron chi connectivity index (χ0n) is 11.4. The Morgan fingerprint density at radius 1 is 1.55 bits per heavy atom. The summed E-state index contributed by atoms with van der Waals surface area (Å²) in [6.07, 6.45) is 0. The molecule has 1 heterocycles. The zero-order valence-corrected chi connectivity index (χ0v) is 13.0. The Bertz CT molecular complexity index is 627. The number of nitrogen functional groups attached to an aromatic ring is 1. The van der Waals surface area contributed by atoms with Gasteiger partial charge in [-0.1, -0.05) is 6.92 Å². The molecule has 0 radical (unpaired) electrons. The molecule has 1 aromatic heterocycles. The summed E-state index contributed by atoms with van der Waals surface area (Å²) >= 11 is 3.07. The molecule has 3 N–H and O–H groups in total. The van der Waals surface area contributed by atoms with Gasteiger partial charge in [-0.15, -0.1) is 11.3 Å². The first-order valence-electron chi connectivity index (χ1n) is 6.39. The van der Waals surface area contributed by atoms with Crippen LogP contribution in [0.2, 0.25) is 0 Å².